The Labute approximate surface area is 304 Å². The van der Waals surface area contributed by atoms with Gasteiger partial charge in [-0.2, -0.15) is 5.26 Å². The molecule has 1 aliphatic carbocycles. The average molecular weight is 669 g/mol. The number of hydrogen-bond acceptors (Lipinski definition) is 2. The fraction of sp³-hybridized carbons (Fsp3) is 0.0833. The summed E-state index contributed by atoms with van der Waals surface area (Å²) in [4.78, 5) is 14.1. The van der Waals surface area contributed by atoms with Crippen molar-refractivity contribution in [1.82, 2.24) is 0 Å². The Balaban J connectivity index is 1.05. The number of nitriles is 1. The van der Waals surface area contributed by atoms with Crippen LogP contribution in [0.3, 0.4) is 0 Å². The smallest absolute Gasteiger partial charge is 0.161 e. The summed E-state index contributed by atoms with van der Waals surface area (Å²) >= 11 is 0. The highest BCUT2D eigenvalue weighted by molar-refractivity contribution is 6.12. The summed E-state index contributed by atoms with van der Waals surface area (Å²) in [7, 11) is 0. The fourth-order valence-electron chi connectivity index (χ4n) is 7.22. The predicted octanol–water partition coefficient (Wildman–Crippen LogP) is 11.4. The van der Waals surface area contributed by atoms with Gasteiger partial charge < -0.3 is 0 Å². The van der Waals surface area contributed by atoms with Crippen LogP contribution in [0.2, 0.25) is 0 Å². The van der Waals surface area contributed by atoms with E-state index >= 15 is 0 Å². The number of hydrogen-bond donors (Lipinski definition) is 0. The number of benzene rings is 7. The van der Waals surface area contributed by atoms with E-state index in [-0.39, 0.29) is 5.41 Å². The van der Waals surface area contributed by atoms with Gasteiger partial charge in [-0.1, -0.05) is 141 Å². The van der Waals surface area contributed by atoms with Gasteiger partial charge in [-0.3, -0.25) is 4.99 Å². The lowest BCUT2D eigenvalue weighted by Crippen LogP contribution is -2.15. The van der Waals surface area contributed by atoms with E-state index in [1.165, 1.54) is 44.2 Å². The van der Waals surface area contributed by atoms with Crippen LogP contribution in [0.5, 0.6) is 0 Å². The minimum Gasteiger partial charge on any atom is -0.261 e. The van der Waals surface area contributed by atoms with E-state index in [9.17, 15) is 5.26 Å². The molecule has 0 atom stereocenters. The van der Waals surface area contributed by atoms with Gasteiger partial charge in [-0.15, -0.1) is 0 Å². The van der Waals surface area contributed by atoms with E-state index in [2.05, 4.69) is 117 Å². The number of aliphatic imine (C=N–C) groups is 3. The maximum Gasteiger partial charge on any atom is 0.161 e. The zero-order valence-electron chi connectivity index (χ0n) is 29.2. The molecule has 0 bridgehead atoms. The van der Waals surface area contributed by atoms with Crippen molar-refractivity contribution < 1.29 is 0 Å². The van der Waals surface area contributed by atoms with Gasteiger partial charge >= 0.3 is 0 Å². The molecular formula is C48H36N4. The van der Waals surface area contributed by atoms with Crippen LogP contribution in [-0.4, -0.2) is 18.4 Å². The van der Waals surface area contributed by atoms with Gasteiger partial charge in [0.25, 0.3) is 0 Å². The molecule has 0 radical (unpaired) electrons. The van der Waals surface area contributed by atoms with Gasteiger partial charge in [0.1, 0.15) is 0 Å². The van der Waals surface area contributed by atoms with Crippen LogP contribution in [0.1, 0.15) is 47.2 Å². The molecule has 7 aromatic rings. The number of fused-ring (bicyclic) bond motifs is 4. The molecule has 0 N–H and O–H groups in total. The standard InChI is InChI=1S/C48H36N4/c1-48(2)44-26-33(30-49)14-24-42(44)43-25-23-41(29-45(43)48)40-22-21-38-27-37(19-20-39(38)28-40)34-15-17-36(18-16-34)46(50-3)52-47(35-12-8-5-9-13-35)51-31-32-10-6-4-7-11-32/h4-29H,3,31H2,1-2H3. The Morgan fingerprint density at radius 2 is 1.12 bits per heavy atom. The molecule has 0 saturated carbocycles. The lowest BCUT2D eigenvalue weighted by molar-refractivity contribution is 0.660. The molecule has 7 aromatic carbocycles. The van der Waals surface area contributed by atoms with Crippen molar-refractivity contribution in [1.29, 1.82) is 5.26 Å². The second kappa shape index (κ2) is 13.5. The van der Waals surface area contributed by atoms with Crippen LogP contribution in [0.4, 0.5) is 0 Å². The van der Waals surface area contributed by atoms with Crippen LogP contribution >= 0.6 is 0 Å². The highest BCUT2D eigenvalue weighted by atomic mass is 15.0. The summed E-state index contributed by atoms with van der Waals surface area (Å²) in [5.74, 6) is 1.15. The Kier molecular flexibility index (Phi) is 8.47. The summed E-state index contributed by atoms with van der Waals surface area (Å²) in [6.07, 6.45) is 0. The minimum atomic E-state index is -0.177. The van der Waals surface area contributed by atoms with Crippen molar-refractivity contribution in [3.63, 3.8) is 0 Å². The van der Waals surface area contributed by atoms with E-state index < -0.39 is 0 Å². The van der Waals surface area contributed by atoms with E-state index in [4.69, 9.17) is 9.98 Å². The number of rotatable bonds is 6. The van der Waals surface area contributed by atoms with Crippen LogP contribution < -0.4 is 0 Å². The lowest BCUT2D eigenvalue weighted by Gasteiger charge is -2.22. The molecule has 8 rings (SSSR count). The number of amidine groups is 2. The summed E-state index contributed by atoms with van der Waals surface area (Å²) in [5.41, 5.74) is 13.0. The quantitative estimate of drug-likeness (QED) is 0.128. The molecule has 0 spiro atoms. The molecule has 0 aromatic heterocycles. The van der Waals surface area contributed by atoms with Crippen molar-refractivity contribution in [2.75, 3.05) is 0 Å². The predicted molar refractivity (Wildman–Crippen MR) is 216 cm³/mol. The maximum atomic E-state index is 9.50. The van der Waals surface area contributed by atoms with Crippen molar-refractivity contribution in [2.24, 2.45) is 15.0 Å². The Morgan fingerprint density at radius 3 is 1.77 bits per heavy atom. The molecule has 0 amide bonds. The van der Waals surface area contributed by atoms with E-state index in [1.807, 2.05) is 72.8 Å². The van der Waals surface area contributed by atoms with E-state index in [0.29, 0.717) is 23.8 Å². The first-order chi connectivity index (χ1) is 25.4. The topological polar surface area (TPSA) is 60.9 Å². The summed E-state index contributed by atoms with van der Waals surface area (Å²) < 4.78 is 0. The largest absolute Gasteiger partial charge is 0.261 e. The summed E-state index contributed by atoms with van der Waals surface area (Å²) in [6.45, 7) is 8.86. The molecule has 0 aliphatic heterocycles. The van der Waals surface area contributed by atoms with Crippen molar-refractivity contribution in [3.05, 3.63) is 191 Å². The maximum absolute atomic E-state index is 9.50. The molecule has 0 heterocycles. The summed E-state index contributed by atoms with van der Waals surface area (Å²) in [5, 5.41) is 11.9. The zero-order valence-corrected chi connectivity index (χ0v) is 29.2. The average Bonchev–Trinajstić information content (AvgIpc) is 3.43. The molecular weight excluding hydrogens is 633 g/mol. The Bertz CT molecular complexity index is 2570. The second-order valence-electron chi connectivity index (χ2n) is 13.7. The molecule has 4 nitrogen and oxygen atoms in total. The second-order valence-corrected chi connectivity index (χ2v) is 13.7. The SMILES string of the molecule is C=NC(=NC(=NCc1ccccc1)c1ccccc1)c1ccc(-c2ccc3cc(-c4ccc5c(c4)C(C)(C)c4cc(C#N)ccc4-5)ccc3c2)cc1. The van der Waals surface area contributed by atoms with Gasteiger partial charge in [0, 0.05) is 16.5 Å². The van der Waals surface area contributed by atoms with Gasteiger partial charge in [0.15, 0.2) is 11.7 Å². The normalized spacial score (nSPS) is 13.3. The zero-order chi connectivity index (χ0) is 35.7. The third-order valence-electron chi connectivity index (χ3n) is 10.1. The first-order valence-electron chi connectivity index (χ1n) is 17.4. The molecule has 52 heavy (non-hydrogen) atoms. The molecule has 0 unspecified atom stereocenters. The van der Waals surface area contributed by atoms with Crippen molar-refractivity contribution in [3.8, 4) is 39.4 Å². The van der Waals surface area contributed by atoms with Gasteiger partial charge in [0.05, 0.1) is 18.2 Å². The van der Waals surface area contributed by atoms with E-state index in [0.717, 1.165) is 27.8 Å². The summed E-state index contributed by atoms with van der Waals surface area (Å²) in [6, 6.07) is 56.9. The van der Waals surface area contributed by atoms with Crippen LogP contribution in [0, 0.1) is 11.3 Å². The Hall–Kier alpha value is -6.70. The van der Waals surface area contributed by atoms with Gasteiger partial charge in [0.2, 0.25) is 0 Å². The highest BCUT2D eigenvalue weighted by Gasteiger charge is 2.35. The molecule has 4 heteroatoms. The van der Waals surface area contributed by atoms with Crippen LogP contribution in [0.25, 0.3) is 44.2 Å². The molecule has 0 saturated heterocycles. The lowest BCUT2D eigenvalue weighted by atomic mass is 9.81. The number of nitrogens with zero attached hydrogens (tertiary/aromatic N) is 4. The van der Waals surface area contributed by atoms with Gasteiger partial charge in [-0.05, 0) is 97.9 Å². The monoisotopic (exact) mass is 668 g/mol. The van der Waals surface area contributed by atoms with E-state index in [1.54, 1.807) is 0 Å². The van der Waals surface area contributed by atoms with Crippen molar-refractivity contribution >= 4 is 29.2 Å². The van der Waals surface area contributed by atoms with Crippen molar-refractivity contribution in [2.45, 2.75) is 25.8 Å². The van der Waals surface area contributed by atoms with Crippen LogP contribution in [-0.2, 0) is 12.0 Å². The van der Waals surface area contributed by atoms with Crippen LogP contribution in [0.15, 0.2) is 173 Å². The molecule has 1 aliphatic rings. The highest BCUT2D eigenvalue weighted by Crippen LogP contribution is 2.50. The van der Waals surface area contributed by atoms with Gasteiger partial charge in [-0.25, -0.2) is 9.98 Å². The fourth-order valence-corrected chi connectivity index (χ4v) is 7.22. The minimum absolute atomic E-state index is 0.177. The third-order valence-corrected chi connectivity index (χ3v) is 10.1. The molecule has 248 valence electrons. The molecule has 0 fully saturated rings. The first kappa shape index (κ1) is 32.5. The third kappa shape index (κ3) is 6.14. The Morgan fingerprint density at radius 1 is 0.577 bits per heavy atom. The first-order valence-corrected chi connectivity index (χ1v) is 17.4.